The van der Waals surface area contributed by atoms with E-state index in [9.17, 15) is 9.90 Å². The Labute approximate surface area is 227 Å². The molecule has 0 unspecified atom stereocenters. The van der Waals surface area contributed by atoms with Crippen LogP contribution in [-0.4, -0.2) is 60.7 Å². The van der Waals surface area contributed by atoms with Crippen LogP contribution in [0.5, 0.6) is 0 Å². The van der Waals surface area contributed by atoms with Crippen molar-refractivity contribution in [2.45, 2.75) is 121 Å². The lowest BCUT2D eigenvalue weighted by molar-refractivity contribution is -0.277. The average Bonchev–Trinajstić information content (AvgIpc) is 3.26. The summed E-state index contributed by atoms with van der Waals surface area (Å²) in [6.45, 7) is 6.78. The van der Waals surface area contributed by atoms with Crippen molar-refractivity contribution in [1.82, 2.24) is 5.32 Å². The Morgan fingerprint density at radius 3 is 2.27 bits per heavy atom. The number of fused-ring (bicyclic) bond motifs is 1. The SMILES string of the molecule is CCCCCCCCCCCCOC[C@@]12O[C@@H](CNC(=O)Cc3ccc(Cl)cc3)[C@@H](O)[C@@H]1OC(C)(C)O2. The standard InChI is InChI=1S/C29H46ClNO6/c1-4-5-6-7-8-9-10-11-12-13-18-34-21-29-27(36-28(2,3)37-29)26(33)24(35-29)20-31-25(32)19-22-14-16-23(30)17-15-22/h14-17,24,26-27,33H,4-13,18-21H2,1-3H3,(H,31,32)/t24-,26+,27-,29-/m0/s1. The molecule has 0 spiro atoms. The third-order valence-electron chi connectivity index (χ3n) is 7.03. The number of benzene rings is 1. The Morgan fingerprint density at radius 1 is 1.00 bits per heavy atom. The lowest BCUT2D eigenvalue weighted by Gasteiger charge is -2.28. The van der Waals surface area contributed by atoms with Crippen LogP contribution in [0.1, 0.15) is 90.5 Å². The predicted molar refractivity (Wildman–Crippen MR) is 144 cm³/mol. The predicted octanol–water partition coefficient (Wildman–Crippen LogP) is 5.54. The van der Waals surface area contributed by atoms with Gasteiger partial charge in [0.15, 0.2) is 5.79 Å². The van der Waals surface area contributed by atoms with Crippen LogP contribution in [0.25, 0.3) is 0 Å². The van der Waals surface area contributed by atoms with Crippen LogP contribution >= 0.6 is 11.6 Å². The number of unbranched alkanes of at least 4 members (excludes halogenated alkanes) is 9. The molecule has 2 fully saturated rings. The van der Waals surface area contributed by atoms with E-state index in [4.69, 9.17) is 30.5 Å². The highest BCUT2D eigenvalue weighted by Gasteiger charge is 2.64. The van der Waals surface area contributed by atoms with E-state index in [1.165, 1.54) is 51.4 Å². The van der Waals surface area contributed by atoms with Crippen LogP contribution in [0.2, 0.25) is 5.02 Å². The number of hydrogen-bond donors (Lipinski definition) is 2. The molecule has 0 saturated carbocycles. The summed E-state index contributed by atoms with van der Waals surface area (Å²) in [6, 6.07) is 7.14. The Kier molecular flexibility index (Phi) is 12.1. The lowest BCUT2D eigenvalue weighted by atomic mass is 10.1. The van der Waals surface area contributed by atoms with Gasteiger partial charge in [0.1, 0.15) is 24.9 Å². The van der Waals surface area contributed by atoms with E-state index in [1.54, 1.807) is 26.0 Å². The Balaban J connectivity index is 1.37. The van der Waals surface area contributed by atoms with Crippen molar-refractivity contribution in [2.75, 3.05) is 19.8 Å². The average molecular weight is 540 g/mol. The van der Waals surface area contributed by atoms with Gasteiger partial charge >= 0.3 is 0 Å². The summed E-state index contributed by atoms with van der Waals surface area (Å²) >= 11 is 5.91. The van der Waals surface area contributed by atoms with E-state index in [0.29, 0.717) is 11.6 Å². The normalized spacial score (nSPS) is 26.4. The highest BCUT2D eigenvalue weighted by molar-refractivity contribution is 6.30. The van der Waals surface area contributed by atoms with Crippen molar-refractivity contribution >= 4 is 17.5 Å². The molecule has 1 aromatic rings. The molecular formula is C29H46ClNO6. The summed E-state index contributed by atoms with van der Waals surface area (Å²) in [6.07, 6.45) is 10.6. The third-order valence-corrected chi connectivity index (χ3v) is 7.28. The minimum Gasteiger partial charge on any atom is -0.387 e. The topological polar surface area (TPSA) is 86.3 Å². The molecule has 0 radical (unpaired) electrons. The number of halogens is 1. The third kappa shape index (κ3) is 9.48. The van der Waals surface area contributed by atoms with Crippen molar-refractivity contribution in [3.8, 4) is 0 Å². The molecule has 1 amide bonds. The van der Waals surface area contributed by atoms with Gasteiger partial charge in [-0.2, -0.15) is 0 Å². The van der Waals surface area contributed by atoms with E-state index in [0.717, 1.165) is 18.4 Å². The van der Waals surface area contributed by atoms with Crippen molar-refractivity contribution in [2.24, 2.45) is 0 Å². The molecule has 2 heterocycles. The summed E-state index contributed by atoms with van der Waals surface area (Å²) in [5, 5.41) is 14.4. The van der Waals surface area contributed by atoms with Gasteiger partial charge in [0.25, 0.3) is 0 Å². The monoisotopic (exact) mass is 539 g/mol. The van der Waals surface area contributed by atoms with Gasteiger partial charge in [-0.05, 0) is 38.0 Å². The first-order valence-electron chi connectivity index (χ1n) is 14.1. The molecule has 0 bridgehead atoms. The molecule has 2 saturated heterocycles. The summed E-state index contributed by atoms with van der Waals surface area (Å²) in [5.41, 5.74) is 0.858. The van der Waals surface area contributed by atoms with Crippen LogP contribution in [0.4, 0.5) is 0 Å². The number of ether oxygens (including phenoxy) is 4. The van der Waals surface area contributed by atoms with Gasteiger partial charge < -0.3 is 29.4 Å². The molecule has 0 aliphatic carbocycles. The number of rotatable bonds is 17. The van der Waals surface area contributed by atoms with Gasteiger partial charge in [-0.15, -0.1) is 0 Å². The second-order valence-corrected chi connectivity index (χ2v) is 11.3. The quantitative estimate of drug-likeness (QED) is 0.253. The maximum absolute atomic E-state index is 12.4. The number of aliphatic hydroxyl groups is 1. The number of amides is 1. The number of carbonyl (C=O) groups is 1. The highest BCUT2D eigenvalue weighted by Crippen LogP contribution is 2.45. The lowest BCUT2D eigenvalue weighted by Crippen LogP contribution is -2.45. The fraction of sp³-hybridized carbons (Fsp3) is 0.759. The number of hydrogen-bond acceptors (Lipinski definition) is 6. The van der Waals surface area contributed by atoms with Gasteiger partial charge in [-0.25, -0.2) is 0 Å². The van der Waals surface area contributed by atoms with Crippen LogP contribution in [0.15, 0.2) is 24.3 Å². The summed E-state index contributed by atoms with van der Waals surface area (Å²) in [7, 11) is 0. The maximum atomic E-state index is 12.4. The molecule has 3 rings (SSSR count). The number of nitrogens with one attached hydrogen (secondary N) is 1. The fourth-order valence-electron chi connectivity index (χ4n) is 5.11. The second kappa shape index (κ2) is 14.8. The maximum Gasteiger partial charge on any atom is 0.224 e. The van der Waals surface area contributed by atoms with E-state index in [-0.39, 0.29) is 25.5 Å². The zero-order valence-corrected chi connectivity index (χ0v) is 23.6. The Morgan fingerprint density at radius 2 is 1.62 bits per heavy atom. The molecule has 2 aliphatic rings. The fourth-order valence-corrected chi connectivity index (χ4v) is 5.24. The Bertz CT molecular complexity index is 819. The largest absolute Gasteiger partial charge is 0.387 e. The molecule has 2 N–H and O–H groups in total. The van der Waals surface area contributed by atoms with Crippen molar-refractivity contribution in [3.63, 3.8) is 0 Å². The van der Waals surface area contributed by atoms with Crippen LogP contribution in [0.3, 0.4) is 0 Å². The zero-order chi connectivity index (χ0) is 26.7. The molecule has 7 nitrogen and oxygen atoms in total. The van der Waals surface area contributed by atoms with E-state index in [1.807, 2.05) is 12.1 Å². The van der Waals surface area contributed by atoms with Crippen molar-refractivity contribution < 1.29 is 28.8 Å². The molecule has 37 heavy (non-hydrogen) atoms. The van der Waals surface area contributed by atoms with Gasteiger partial charge in [-0.3, -0.25) is 4.79 Å². The molecule has 0 aromatic heterocycles. The second-order valence-electron chi connectivity index (χ2n) is 10.8. The molecule has 1 aromatic carbocycles. The summed E-state index contributed by atoms with van der Waals surface area (Å²) < 4.78 is 24.2. The van der Waals surface area contributed by atoms with Crippen molar-refractivity contribution in [1.29, 1.82) is 0 Å². The van der Waals surface area contributed by atoms with Gasteiger partial charge in [0, 0.05) is 18.2 Å². The molecule has 8 heteroatoms. The Hall–Kier alpha value is -1.22. The number of carbonyl (C=O) groups excluding carboxylic acids is 1. The minimum atomic E-state index is -1.19. The van der Waals surface area contributed by atoms with E-state index < -0.39 is 29.9 Å². The van der Waals surface area contributed by atoms with Gasteiger partial charge in [0.05, 0.1) is 6.42 Å². The van der Waals surface area contributed by atoms with Crippen LogP contribution < -0.4 is 5.32 Å². The number of aliphatic hydroxyl groups excluding tert-OH is 1. The summed E-state index contributed by atoms with van der Waals surface area (Å²) in [4.78, 5) is 12.4. The zero-order valence-electron chi connectivity index (χ0n) is 22.8. The van der Waals surface area contributed by atoms with Crippen LogP contribution in [-0.2, 0) is 30.2 Å². The molecular weight excluding hydrogens is 494 g/mol. The summed E-state index contributed by atoms with van der Waals surface area (Å²) in [5.74, 6) is -2.24. The van der Waals surface area contributed by atoms with Crippen LogP contribution in [0, 0.1) is 0 Å². The van der Waals surface area contributed by atoms with Gasteiger partial charge in [0.2, 0.25) is 11.7 Å². The molecule has 4 atom stereocenters. The van der Waals surface area contributed by atoms with Crippen molar-refractivity contribution in [3.05, 3.63) is 34.9 Å². The first-order chi connectivity index (χ1) is 17.7. The smallest absolute Gasteiger partial charge is 0.224 e. The van der Waals surface area contributed by atoms with E-state index in [2.05, 4.69) is 12.2 Å². The molecule has 2 aliphatic heterocycles. The molecule has 210 valence electrons. The minimum absolute atomic E-state index is 0.150. The highest BCUT2D eigenvalue weighted by atomic mass is 35.5. The van der Waals surface area contributed by atoms with E-state index >= 15 is 0 Å². The van der Waals surface area contributed by atoms with Gasteiger partial charge in [-0.1, -0.05) is 88.4 Å². The first kappa shape index (κ1) is 30.3. The first-order valence-corrected chi connectivity index (χ1v) is 14.5.